The number of nitrogens with one attached hydrogen (secondary N) is 1. The Hall–Kier alpha value is -3.68. The molecule has 1 N–H and O–H groups in total. The molecule has 2 amide bonds. The number of hydrogen-bond donors (Lipinski definition) is 1. The van der Waals surface area contributed by atoms with Crippen molar-refractivity contribution in [1.82, 2.24) is 4.98 Å². The Morgan fingerprint density at radius 1 is 0.966 bits per heavy atom. The van der Waals surface area contributed by atoms with Crippen LogP contribution in [0.1, 0.15) is 26.3 Å². The van der Waals surface area contributed by atoms with E-state index in [1.807, 2.05) is 24.3 Å². The van der Waals surface area contributed by atoms with Gasteiger partial charge in [-0.3, -0.25) is 14.6 Å². The summed E-state index contributed by atoms with van der Waals surface area (Å²) in [6, 6.07) is 10.5. The first kappa shape index (κ1) is 18.7. The molecule has 8 heteroatoms. The van der Waals surface area contributed by atoms with E-state index in [2.05, 4.69) is 10.3 Å². The van der Waals surface area contributed by atoms with Crippen molar-refractivity contribution < 1.29 is 22.8 Å². The van der Waals surface area contributed by atoms with Crippen LogP contribution in [0.25, 0.3) is 0 Å². The number of fused-ring (bicyclic) bond motifs is 1. The largest absolute Gasteiger partial charge is 0.319 e. The summed E-state index contributed by atoms with van der Waals surface area (Å²) in [4.78, 5) is 30.8. The van der Waals surface area contributed by atoms with Gasteiger partial charge in [-0.05, 0) is 36.2 Å². The van der Waals surface area contributed by atoms with Gasteiger partial charge in [0.25, 0.3) is 11.8 Å². The van der Waals surface area contributed by atoms with Crippen LogP contribution in [0.4, 0.5) is 24.5 Å². The summed E-state index contributed by atoms with van der Waals surface area (Å²) < 4.78 is 40.2. The summed E-state index contributed by atoms with van der Waals surface area (Å²) in [6.07, 6.45) is 3.25. The maximum atomic E-state index is 13.8. The molecule has 2 aromatic carbocycles. The Morgan fingerprint density at radius 3 is 2.55 bits per heavy atom. The van der Waals surface area contributed by atoms with Crippen molar-refractivity contribution in [2.45, 2.75) is 6.42 Å². The molecule has 146 valence electrons. The molecule has 4 rings (SSSR count). The minimum atomic E-state index is -1.68. The molecule has 0 fully saturated rings. The highest BCUT2D eigenvalue weighted by Crippen LogP contribution is 2.29. The van der Waals surface area contributed by atoms with Crippen molar-refractivity contribution in [2.24, 2.45) is 0 Å². The van der Waals surface area contributed by atoms with Gasteiger partial charge in [-0.25, -0.2) is 13.2 Å². The van der Waals surface area contributed by atoms with Crippen LogP contribution in [0, 0.1) is 17.5 Å². The second kappa shape index (κ2) is 7.38. The Morgan fingerprint density at radius 2 is 1.72 bits per heavy atom. The van der Waals surface area contributed by atoms with Gasteiger partial charge in [-0.1, -0.05) is 18.2 Å². The van der Waals surface area contributed by atoms with Crippen molar-refractivity contribution in [3.8, 4) is 0 Å². The van der Waals surface area contributed by atoms with Gasteiger partial charge in [0.2, 0.25) is 0 Å². The van der Waals surface area contributed by atoms with E-state index in [-0.39, 0.29) is 17.0 Å². The minimum absolute atomic E-state index is 0.0209. The van der Waals surface area contributed by atoms with Gasteiger partial charge in [0, 0.05) is 24.6 Å². The third-order valence-electron chi connectivity index (χ3n) is 4.66. The molecule has 1 aromatic heterocycles. The van der Waals surface area contributed by atoms with Gasteiger partial charge in [0.15, 0.2) is 17.5 Å². The summed E-state index contributed by atoms with van der Waals surface area (Å²) in [5.74, 6) is -5.68. The molecular weight excluding hydrogens is 383 g/mol. The molecule has 0 radical (unpaired) electrons. The average molecular weight is 397 g/mol. The number of benzene rings is 2. The first-order chi connectivity index (χ1) is 14.0. The highest BCUT2D eigenvalue weighted by atomic mass is 19.2. The van der Waals surface area contributed by atoms with E-state index in [9.17, 15) is 22.8 Å². The number of pyridine rings is 1. The smallest absolute Gasteiger partial charge is 0.259 e. The van der Waals surface area contributed by atoms with Crippen LogP contribution in [0.15, 0.2) is 54.9 Å². The number of halogens is 3. The lowest BCUT2D eigenvalue weighted by molar-refractivity contribution is 0.0989. The van der Waals surface area contributed by atoms with Gasteiger partial charge < -0.3 is 10.2 Å². The number of nitrogens with zero attached hydrogens (tertiary/aromatic N) is 2. The van der Waals surface area contributed by atoms with Gasteiger partial charge in [0.05, 0.1) is 16.8 Å². The molecule has 2 heterocycles. The van der Waals surface area contributed by atoms with Gasteiger partial charge >= 0.3 is 0 Å². The molecule has 0 saturated carbocycles. The van der Waals surface area contributed by atoms with E-state index in [0.29, 0.717) is 12.6 Å². The van der Waals surface area contributed by atoms with Crippen LogP contribution < -0.4 is 10.2 Å². The fraction of sp³-hybridized carbons (Fsp3) is 0.0952. The third kappa shape index (κ3) is 3.44. The van der Waals surface area contributed by atoms with Crippen LogP contribution >= 0.6 is 0 Å². The number of hydrogen-bond acceptors (Lipinski definition) is 3. The van der Waals surface area contributed by atoms with Crippen molar-refractivity contribution in [3.63, 3.8) is 0 Å². The highest BCUT2D eigenvalue weighted by Gasteiger charge is 2.26. The summed E-state index contributed by atoms with van der Waals surface area (Å²) >= 11 is 0. The zero-order chi connectivity index (χ0) is 20.5. The second-order valence-electron chi connectivity index (χ2n) is 6.47. The van der Waals surface area contributed by atoms with Crippen molar-refractivity contribution in [3.05, 3.63) is 89.0 Å². The molecule has 0 atom stereocenters. The molecular formula is C21H14F3N3O2. The van der Waals surface area contributed by atoms with E-state index in [4.69, 9.17) is 0 Å². The number of para-hydroxylation sites is 1. The summed E-state index contributed by atoms with van der Waals surface area (Å²) in [6.45, 7) is 0.509. The molecule has 0 saturated heterocycles. The Labute approximate surface area is 163 Å². The van der Waals surface area contributed by atoms with Gasteiger partial charge in [-0.15, -0.1) is 0 Å². The zero-order valence-corrected chi connectivity index (χ0v) is 15.0. The minimum Gasteiger partial charge on any atom is -0.319 e. The number of anilines is 2. The lowest BCUT2D eigenvalue weighted by Crippen LogP contribution is -2.29. The topological polar surface area (TPSA) is 62.3 Å². The first-order valence-electron chi connectivity index (χ1n) is 8.75. The molecule has 0 spiro atoms. The highest BCUT2D eigenvalue weighted by molar-refractivity contribution is 6.10. The molecule has 0 unspecified atom stereocenters. The second-order valence-corrected chi connectivity index (χ2v) is 6.47. The van der Waals surface area contributed by atoms with Crippen molar-refractivity contribution in [2.75, 3.05) is 16.8 Å². The SMILES string of the molecule is O=C(Nc1ccc(F)c(F)c1F)c1cncc(C(=O)N2CCc3ccccc32)c1. The van der Waals surface area contributed by atoms with E-state index in [1.165, 1.54) is 18.5 Å². The predicted octanol–water partition coefficient (Wildman–Crippen LogP) is 3.95. The van der Waals surface area contributed by atoms with E-state index in [0.717, 1.165) is 23.7 Å². The molecule has 1 aliphatic rings. The van der Waals surface area contributed by atoms with Crippen molar-refractivity contribution >= 4 is 23.2 Å². The number of aromatic nitrogens is 1. The maximum absolute atomic E-state index is 13.8. The Balaban J connectivity index is 1.57. The van der Waals surface area contributed by atoms with Gasteiger partial charge in [0.1, 0.15) is 0 Å². The molecule has 0 aliphatic carbocycles. The summed E-state index contributed by atoms with van der Waals surface area (Å²) in [7, 11) is 0. The Kier molecular flexibility index (Phi) is 4.75. The summed E-state index contributed by atoms with van der Waals surface area (Å²) in [5, 5.41) is 2.16. The van der Waals surface area contributed by atoms with E-state index < -0.39 is 29.0 Å². The van der Waals surface area contributed by atoms with Crippen LogP contribution in [0.5, 0.6) is 0 Å². The Bertz CT molecular complexity index is 1130. The fourth-order valence-corrected chi connectivity index (χ4v) is 3.20. The lowest BCUT2D eigenvalue weighted by Gasteiger charge is -2.17. The third-order valence-corrected chi connectivity index (χ3v) is 4.66. The average Bonchev–Trinajstić information content (AvgIpc) is 3.18. The van der Waals surface area contributed by atoms with Crippen LogP contribution in [0.2, 0.25) is 0 Å². The zero-order valence-electron chi connectivity index (χ0n) is 15.0. The predicted molar refractivity (Wildman–Crippen MR) is 100 cm³/mol. The normalized spacial score (nSPS) is 12.6. The lowest BCUT2D eigenvalue weighted by atomic mass is 10.1. The van der Waals surface area contributed by atoms with E-state index in [1.54, 1.807) is 4.90 Å². The molecule has 29 heavy (non-hydrogen) atoms. The fourth-order valence-electron chi connectivity index (χ4n) is 3.20. The number of amides is 2. The van der Waals surface area contributed by atoms with Crippen LogP contribution in [-0.4, -0.2) is 23.3 Å². The maximum Gasteiger partial charge on any atom is 0.259 e. The molecule has 3 aromatic rings. The standard InChI is InChI=1S/C21H14F3N3O2/c22-15-5-6-16(19(24)18(15)23)26-20(28)13-9-14(11-25-10-13)21(29)27-8-7-12-3-1-2-4-17(12)27/h1-6,9-11H,7-8H2,(H,26,28). The van der Waals surface area contributed by atoms with Crippen LogP contribution in [0.3, 0.4) is 0 Å². The van der Waals surface area contributed by atoms with Crippen LogP contribution in [-0.2, 0) is 6.42 Å². The number of carbonyl (C=O) groups is 2. The quantitative estimate of drug-likeness (QED) is 0.681. The molecule has 1 aliphatic heterocycles. The van der Waals surface area contributed by atoms with Crippen molar-refractivity contribution in [1.29, 1.82) is 0 Å². The molecule has 0 bridgehead atoms. The molecule has 5 nitrogen and oxygen atoms in total. The van der Waals surface area contributed by atoms with E-state index >= 15 is 0 Å². The summed E-state index contributed by atoms with van der Waals surface area (Å²) in [5.41, 5.74) is 1.50. The monoisotopic (exact) mass is 397 g/mol. The number of rotatable bonds is 3. The van der Waals surface area contributed by atoms with Gasteiger partial charge in [-0.2, -0.15) is 0 Å². The first-order valence-corrected chi connectivity index (χ1v) is 8.75. The number of carbonyl (C=O) groups excluding carboxylic acids is 2.